The Balaban J connectivity index is 2.19. The van der Waals surface area contributed by atoms with Gasteiger partial charge in [0.25, 0.3) is 5.69 Å². The van der Waals surface area contributed by atoms with E-state index < -0.39 is 10.8 Å². The normalized spacial score (nSPS) is 17.0. The Morgan fingerprint density at radius 3 is 3.05 bits per heavy atom. The second kappa shape index (κ2) is 4.60. The van der Waals surface area contributed by atoms with Crippen LogP contribution in [-0.4, -0.2) is 15.1 Å². The summed E-state index contributed by atoms with van der Waals surface area (Å²) in [5, 5.41) is 28.4. The third-order valence-electron chi connectivity index (χ3n) is 3.23. The van der Waals surface area contributed by atoms with Crippen LogP contribution < -0.4 is 10.5 Å². The van der Waals surface area contributed by atoms with Gasteiger partial charge in [-0.2, -0.15) is 5.26 Å². The zero-order chi connectivity index (χ0) is 15.1. The van der Waals surface area contributed by atoms with Crippen LogP contribution in [0, 0.1) is 28.4 Å². The number of nitrogens with zero attached hydrogens (tertiary/aromatic N) is 3. The highest BCUT2D eigenvalue weighted by atomic mass is 32.1. The number of hydrogen-bond acceptors (Lipinski definition) is 7. The molecule has 0 aliphatic carbocycles. The van der Waals surface area contributed by atoms with Crippen molar-refractivity contribution in [3.8, 4) is 11.9 Å². The third-order valence-corrected chi connectivity index (χ3v) is 4.22. The van der Waals surface area contributed by atoms with E-state index in [1.165, 1.54) is 22.8 Å². The van der Waals surface area contributed by atoms with Gasteiger partial charge in [-0.15, -0.1) is 16.4 Å². The van der Waals surface area contributed by atoms with Crippen LogP contribution in [0.3, 0.4) is 0 Å². The molecule has 0 radical (unpaired) electrons. The fraction of sp³-hybridized carbons (Fsp3) is 0.167. The molecule has 21 heavy (non-hydrogen) atoms. The molecule has 0 amide bonds. The van der Waals surface area contributed by atoms with Crippen LogP contribution in [0.5, 0.6) is 5.88 Å². The lowest BCUT2D eigenvalue weighted by molar-refractivity contribution is -0.384. The molecule has 1 aliphatic heterocycles. The first-order chi connectivity index (χ1) is 10.0. The largest absolute Gasteiger partial charge is 0.420 e. The molecule has 106 valence electrons. The molecule has 9 heteroatoms. The van der Waals surface area contributed by atoms with Crippen molar-refractivity contribution in [1.29, 1.82) is 5.26 Å². The van der Waals surface area contributed by atoms with Crippen LogP contribution in [0.1, 0.15) is 22.1 Å². The number of nitrogens with one attached hydrogen (secondary N) is 1. The van der Waals surface area contributed by atoms with E-state index in [4.69, 9.17) is 10.5 Å². The van der Waals surface area contributed by atoms with Crippen molar-refractivity contribution >= 4 is 17.0 Å². The van der Waals surface area contributed by atoms with Gasteiger partial charge in [0.2, 0.25) is 11.8 Å². The summed E-state index contributed by atoms with van der Waals surface area (Å²) >= 11 is 1.20. The molecule has 0 aromatic carbocycles. The quantitative estimate of drug-likeness (QED) is 0.643. The lowest BCUT2D eigenvalue weighted by Gasteiger charge is -2.21. The van der Waals surface area contributed by atoms with Gasteiger partial charge >= 0.3 is 0 Å². The SMILES string of the molecule is Cc1[nH]nc2c1[C@@H](c1cc([N+](=O)[O-])cs1)C(C#N)=C(N)O2. The van der Waals surface area contributed by atoms with Gasteiger partial charge in [0.05, 0.1) is 21.8 Å². The number of rotatable bonds is 2. The van der Waals surface area contributed by atoms with E-state index in [9.17, 15) is 15.4 Å². The predicted octanol–water partition coefficient (Wildman–Crippen LogP) is 1.91. The summed E-state index contributed by atoms with van der Waals surface area (Å²) in [6.45, 7) is 1.79. The van der Waals surface area contributed by atoms with E-state index in [-0.39, 0.29) is 17.1 Å². The number of nitriles is 1. The van der Waals surface area contributed by atoms with Gasteiger partial charge in [0.1, 0.15) is 11.6 Å². The second-order valence-electron chi connectivity index (χ2n) is 4.46. The number of aryl methyl sites for hydroxylation is 1. The first-order valence-corrected chi connectivity index (χ1v) is 6.76. The maximum absolute atomic E-state index is 10.8. The molecule has 3 N–H and O–H groups in total. The van der Waals surface area contributed by atoms with E-state index in [0.29, 0.717) is 16.3 Å². The van der Waals surface area contributed by atoms with Gasteiger partial charge in [0.15, 0.2) is 0 Å². The fourth-order valence-corrected chi connectivity index (χ4v) is 3.24. The summed E-state index contributed by atoms with van der Waals surface area (Å²) in [6.07, 6.45) is 0. The summed E-state index contributed by atoms with van der Waals surface area (Å²) in [5.74, 6) is -0.237. The predicted molar refractivity (Wildman–Crippen MR) is 73.6 cm³/mol. The molecule has 2 aromatic heterocycles. The number of aromatic nitrogens is 2. The maximum atomic E-state index is 10.8. The zero-order valence-corrected chi connectivity index (χ0v) is 11.6. The highest BCUT2D eigenvalue weighted by molar-refractivity contribution is 7.10. The molecule has 2 aromatic rings. The standard InChI is InChI=1S/C12H9N5O3S/c1-5-9-10(8-2-6(4-21-8)17(18)19)7(3-13)11(14)20-12(9)16-15-5/h2,4,10H,14H2,1H3,(H,15,16)/t10-/m1/s1. The molecule has 1 aliphatic rings. The number of hydrogen-bond donors (Lipinski definition) is 2. The van der Waals surface area contributed by atoms with E-state index in [2.05, 4.69) is 10.2 Å². The van der Waals surface area contributed by atoms with Crippen molar-refractivity contribution < 1.29 is 9.66 Å². The molecule has 3 rings (SSSR count). The van der Waals surface area contributed by atoms with E-state index in [0.717, 1.165) is 5.69 Å². The monoisotopic (exact) mass is 303 g/mol. The van der Waals surface area contributed by atoms with Crippen molar-refractivity contribution in [3.63, 3.8) is 0 Å². The molecular formula is C12H9N5O3S. The number of ether oxygens (including phenoxy) is 1. The molecule has 0 saturated carbocycles. The molecule has 0 fully saturated rings. The van der Waals surface area contributed by atoms with E-state index in [1.807, 2.05) is 6.07 Å². The minimum atomic E-state index is -0.504. The van der Waals surface area contributed by atoms with Gasteiger partial charge < -0.3 is 10.5 Å². The summed E-state index contributed by atoms with van der Waals surface area (Å²) in [5.41, 5.74) is 7.38. The Hall–Kier alpha value is -2.86. The Labute approximate surface area is 122 Å². The van der Waals surface area contributed by atoms with Crippen molar-refractivity contribution in [2.24, 2.45) is 5.73 Å². The number of allylic oxidation sites excluding steroid dienone is 1. The Bertz CT molecular complexity index is 813. The molecule has 0 unspecified atom stereocenters. The topological polar surface area (TPSA) is 131 Å². The molecule has 8 nitrogen and oxygen atoms in total. The Morgan fingerprint density at radius 1 is 1.67 bits per heavy atom. The van der Waals surface area contributed by atoms with Gasteiger partial charge in [-0.1, -0.05) is 0 Å². The lowest BCUT2D eigenvalue weighted by Crippen LogP contribution is -2.20. The number of aromatic amines is 1. The summed E-state index contributed by atoms with van der Waals surface area (Å²) in [4.78, 5) is 11.0. The number of nitro groups is 1. The van der Waals surface area contributed by atoms with Crippen LogP contribution in [0.25, 0.3) is 0 Å². The number of thiophene rings is 1. The maximum Gasteiger partial charge on any atom is 0.280 e. The van der Waals surface area contributed by atoms with Gasteiger partial charge in [-0.25, -0.2) is 0 Å². The molecule has 1 atom stereocenters. The molecule has 0 spiro atoms. The van der Waals surface area contributed by atoms with Gasteiger partial charge in [-0.05, 0) is 6.92 Å². The number of fused-ring (bicyclic) bond motifs is 1. The average Bonchev–Trinajstić information content (AvgIpc) is 3.05. The first kappa shape index (κ1) is 13.1. The average molecular weight is 303 g/mol. The highest BCUT2D eigenvalue weighted by Gasteiger charge is 2.35. The molecule has 0 bridgehead atoms. The van der Waals surface area contributed by atoms with Gasteiger partial charge in [0, 0.05) is 16.6 Å². The van der Waals surface area contributed by atoms with Crippen LogP contribution in [-0.2, 0) is 0 Å². The smallest absolute Gasteiger partial charge is 0.280 e. The van der Waals surface area contributed by atoms with Crippen LogP contribution >= 0.6 is 11.3 Å². The van der Waals surface area contributed by atoms with E-state index in [1.54, 1.807) is 6.92 Å². The van der Waals surface area contributed by atoms with Crippen molar-refractivity contribution in [1.82, 2.24) is 10.2 Å². The minimum Gasteiger partial charge on any atom is -0.420 e. The Kier molecular flexibility index (Phi) is 2.88. The van der Waals surface area contributed by atoms with E-state index >= 15 is 0 Å². The molecular weight excluding hydrogens is 294 g/mol. The Morgan fingerprint density at radius 2 is 2.43 bits per heavy atom. The lowest BCUT2D eigenvalue weighted by atomic mass is 9.89. The number of H-pyrrole nitrogens is 1. The summed E-state index contributed by atoms with van der Waals surface area (Å²) in [6, 6.07) is 3.47. The second-order valence-corrected chi connectivity index (χ2v) is 5.40. The van der Waals surface area contributed by atoms with Gasteiger partial charge in [-0.3, -0.25) is 15.2 Å². The highest BCUT2D eigenvalue weighted by Crippen LogP contribution is 2.45. The molecule has 3 heterocycles. The minimum absolute atomic E-state index is 0.0138. The fourth-order valence-electron chi connectivity index (χ4n) is 2.27. The van der Waals surface area contributed by atoms with Crippen LogP contribution in [0.2, 0.25) is 0 Å². The molecule has 0 saturated heterocycles. The van der Waals surface area contributed by atoms with Crippen LogP contribution in [0.4, 0.5) is 5.69 Å². The van der Waals surface area contributed by atoms with Crippen LogP contribution in [0.15, 0.2) is 22.9 Å². The summed E-state index contributed by atoms with van der Waals surface area (Å²) in [7, 11) is 0. The van der Waals surface area contributed by atoms with Crippen molar-refractivity contribution in [3.05, 3.63) is 49.2 Å². The van der Waals surface area contributed by atoms with Crippen molar-refractivity contribution in [2.45, 2.75) is 12.8 Å². The van der Waals surface area contributed by atoms with Crippen molar-refractivity contribution in [2.75, 3.05) is 0 Å². The third kappa shape index (κ3) is 1.93. The number of nitrogens with two attached hydrogens (primary N) is 1. The first-order valence-electron chi connectivity index (χ1n) is 5.88. The summed E-state index contributed by atoms with van der Waals surface area (Å²) < 4.78 is 5.33. The zero-order valence-electron chi connectivity index (χ0n) is 10.8.